The van der Waals surface area contributed by atoms with Gasteiger partial charge in [0.25, 0.3) is 0 Å². The predicted octanol–water partition coefficient (Wildman–Crippen LogP) is 3.41. The molecular weight excluding hydrogens is 376 g/mol. The maximum absolute atomic E-state index is 12.5. The Bertz CT molecular complexity index is 817. The van der Waals surface area contributed by atoms with Gasteiger partial charge in [-0.15, -0.1) is 0 Å². The molecule has 0 unspecified atom stereocenters. The molecule has 1 heterocycles. The zero-order chi connectivity index (χ0) is 18.6. The first-order valence-electron chi connectivity index (χ1n) is 8.41. The van der Waals surface area contributed by atoms with Crippen LogP contribution in [-0.4, -0.2) is 32.7 Å². The Morgan fingerprint density at radius 2 is 1.77 bits per heavy atom. The zero-order valence-corrected chi connectivity index (χ0v) is 16.0. The van der Waals surface area contributed by atoms with E-state index in [0.717, 1.165) is 12.8 Å². The third-order valence-corrected chi connectivity index (χ3v) is 6.11. The highest BCUT2D eigenvalue weighted by molar-refractivity contribution is 7.89. The van der Waals surface area contributed by atoms with Gasteiger partial charge in [-0.2, -0.15) is 0 Å². The third kappa shape index (κ3) is 4.87. The molecule has 1 aliphatic rings. The van der Waals surface area contributed by atoms with Gasteiger partial charge >= 0.3 is 0 Å². The smallest absolute Gasteiger partial charge is 0.240 e. The van der Waals surface area contributed by atoms with Gasteiger partial charge in [0.2, 0.25) is 15.9 Å². The highest BCUT2D eigenvalue weighted by Gasteiger charge is 2.26. The molecule has 26 heavy (non-hydrogen) atoms. The Morgan fingerprint density at radius 1 is 1.08 bits per heavy atom. The molecule has 6 nitrogen and oxygen atoms in total. The summed E-state index contributed by atoms with van der Waals surface area (Å²) < 4.78 is 38.7. The van der Waals surface area contributed by atoms with Crippen molar-refractivity contribution in [2.45, 2.75) is 42.7 Å². The quantitative estimate of drug-likeness (QED) is 0.809. The van der Waals surface area contributed by atoms with Crippen LogP contribution in [0.2, 0.25) is 5.02 Å². The number of methoxy groups -OCH3 is 1. The maximum atomic E-state index is 12.5. The molecule has 1 fully saturated rings. The summed E-state index contributed by atoms with van der Waals surface area (Å²) >= 11 is 5.81. The van der Waals surface area contributed by atoms with Crippen LogP contribution in [0.15, 0.2) is 47.5 Å². The van der Waals surface area contributed by atoms with Crippen LogP contribution in [0.4, 0.5) is 0 Å². The van der Waals surface area contributed by atoms with Gasteiger partial charge in [-0.25, -0.2) is 18.1 Å². The van der Waals surface area contributed by atoms with E-state index in [1.807, 2.05) is 0 Å². The lowest BCUT2D eigenvalue weighted by molar-refractivity contribution is 0.138. The first kappa shape index (κ1) is 18.9. The van der Waals surface area contributed by atoms with Gasteiger partial charge in [-0.3, -0.25) is 0 Å². The lowest BCUT2D eigenvalue weighted by Crippen LogP contribution is -2.39. The Morgan fingerprint density at radius 3 is 2.35 bits per heavy atom. The van der Waals surface area contributed by atoms with Crippen LogP contribution in [0.25, 0.3) is 0 Å². The fraction of sp³-hybridized carbons (Fsp3) is 0.389. The molecule has 0 amide bonds. The van der Waals surface area contributed by atoms with Crippen LogP contribution in [0, 0.1) is 0 Å². The molecule has 1 saturated carbocycles. The number of sulfonamides is 1. The van der Waals surface area contributed by atoms with E-state index in [-0.39, 0.29) is 17.0 Å². The highest BCUT2D eigenvalue weighted by Crippen LogP contribution is 2.25. The number of nitrogens with zero attached hydrogens (tertiary/aromatic N) is 1. The number of pyridine rings is 1. The lowest BCUT2D eigenvalue weighted by Gasteiger charge is -2.29. The average Bonchev–Trinajstić information content (AvgIpc) is 2.65. The fourth-order valence-electron chi connectivity index (χ4n) is 2.94. The second kappa shape index (κ2) is 8.24. The van der Waals surface area contributed by atoms with Crippen LogP contribution >= 0.6 is 11.6 Å². The minimum absolute atomic E-state index is 0.0328. The zero-order valence-electron chi connectivity index (χ0n) is 14.4. The molecule has 3 rings (SSSR count). The number of hydrogen-bond donors (Lipinski definition) is 1. The second-order valence-corrected chi connectivity index (χ2v) is 8.35. The predicted molar refractivity (Wildman–Crippen MR) is 99.2 cm³/mol. The van der Waals surface area contributed by atoms with Gasteiger partial charge in [-0.1, -0.05) is 11.6 Å². The van der Waals surface area contributed by atoms with E-state index in [4.69, 9.17) is 21.1 Å². The summed E-state index contributed by atoms with van der Waals surface area (Å²) in [5.74, 6) is 1.16. The lowest BCUT2D eigenvalue weighted by atomic mass is 9.94. The summed E-state index contributed by atoms with van der Waals surface area (Å²) in [6.07, 6.45) is 4.54. The van der Waals surface area contributed by atoms with Gasteiger partial charge in [0, 0.05) is 18.3 Å². The summed E-state index contributed by atoms with van der Waals surface area (Å²) in [5, 5.41) is 0.564. The summed E-state index contributed by atoms with van der Waals surface area (Å²) in [6, 6.07) is 9.74. The Hall–Kier alpha value is -1.83. The number of nitrogens with one attached hydrogen (secondary N) is 1. The third-order valence-electron chi connectivity index (χ3n) is 4.35. The molecule has 0 aliphatic heterocycles. The van der Waals surface area contributed by atoms with Gasteiger partial charge in [-0.05, 0) is 56.0 Å². The molecule has 2 aromatic rings. The van der Waals surface area contributed by atoms with E-state index in [2.05, 4.69) is 9.71 Å². The molecule has 0 radical (unpaired) electrons. The molecule has 0 atom stereocenters. The second-order valence-electron chi connectivity index (χ2n) is 6.20. The first-order valence-corrected chi connectivity index (χ1v) is 10.3. The number of aromatic nitrogens is 1. The van der Waals surface area contributed by atoms with Crippen molar-refractivity contribution < 1.29 is 17.9 Å². The molecular formula is C18H21ClN2O4S. The van der Waals surface area contributed by atoms with Crippen molar-refractivity contribution in [1.82, 2.24) is 9.71 Å². The van der Waals surface area contributed by atoms with Crippen molar-refractivity contribution in [1.29, 1.82) is 0 Å². The molecule has 1 aromatic carbocycles. The molecule has 140 valence electrons. The van der Waals surface area contributed by atoms with E-state index in [1.54, 1.807) is 49.7 Å². The van der Waals surface area contributed by atoms with Crippen molar-refractivity contribution in [2.24, 2.45) is 0 Å². The number of benzene rings is 1. The van der Waals surface area contributed by atoms with Crippen LogP contribution in [0.5, 0.6) is 11.6 Å². The number of rotatable bonds is 6. The molecule has 0 saturated heterocycles. The highest BCUT2D eigenvalue weighted by atomic mass is 35.5. The van der Waals surface area contributed by atoms with E-state index in [9.17, 15) is 8.42 Å². The molecule has 1 N–H and O–H groups in total. The Balaban J connectivity index is 1.53. The van der Waals surface area contributed by atoms with Crippen molar-refractivity contribution in [3.8, 4) is 11.6 Å². The van der Waals surface area contributed by atoms with Crippen LogP contribution < -0.4 is 14.2 Å². The average molecular weight is 397 g/mol. The Labute approximate surface area is 158 Å². The van der Waals surface area contributed by atoms with Gasteiger partial charge < -0.3 is 9.47 Å². The van der Waals surface area contributed by atoms with E-state index < -0.39 is 10.0 Å². The molecule has 0 spiro atoms. The summed E-state index contributed by atoms with van der Waals surface area (Å²) in [7, 11) is -2.00. The van der Waals surface area contributed by atoms with Gasteiger partial charge in [0.1, 0.15) is 11.9 Å². The summed E-state index contributed by atoms with van der Waals surface area (Å²) in [6.45, 7) is 0. The minimum atomic E-state index is -3.54. The normalized spacial score (nSPS) is 20.5. The topological polar surface area (TPSA) is 77.5 Å². The van der Waals surface area contributed by atoms with E-state index >= 15 is 0 Å². The largest absolute Gasteiger partial charge is 0.497 e. The van der Waals surface area contributed by atoms with Gasteiger partial charge in [0.15, 0.2) is 0 Å². The Kier molecular flexibility index (Phi) is 6.01. The SMILES string of the molecule is COc1ccc(S(=O)(=O)NC2CCC(Oc3ccc(Cl)cn3)CC2)cc1. The van der Waals surface area contributed by atoms with Crippen LogP contribution in [-0.2, 0) is 10.0 Å². The minimum Gasteiger partial charge on any atom is -0.497 e. The van der Waals surface area contributed by atoms with Crippen molar-refractivity contribution in [2.75, 3.05) is 7.11 Å². The standard InChI is InChI=1S/C18H21ClN2O4S/c1-24-15-7-9-17(10-8-15)26(22,23)21-14-3-5-16(6-4-14)25-18-11-2-13(19)12-20-18/h2,7-12,14,16,21H,3-6H2,1H3. The van der Waals surface area contributed by atoms with E-state index in [1.165, 1.54) is 0 Å². The number of ether oxygens (including phenoxy) is 2. The van der Waals surface area contributed by atoms with Gasteiger partial charge in [0.05, 0.1) is 17.0 Å². The summed E-state index contributed by atoms with van der Waals surface area (Å²) in [4.78, 5) is 4.37. The maximum Gasteiger partial charge on any atom is 0.240 e. The molecule has 0 bridgehead atoms. The molecule has 1 aromatic heterocycles. The molecule has 8 heteroatoms. The van der Waals surface area contributed by atoms with Crippen LogP contribution in [0.1, 0.15) is 25.7 Å². The van der Waals surface area contributed by atoms with E-state index in [0.29, 0.717) is 29.5 Å². The number of hydrogen-bond acceptors (Lipinski definition) is 5. The molecule has 1 aliphatic carbocycles. The monoisotopic (exact) mass is 396 g/mol. The fourth-order valence-corrected chi connectivity index (χ4v) is 4.36. The van der Waals surface area contributed by atoms with Crippen molar-refractivity contribution >= 4 is 21.6 Å². The number of halogens is 1. The first-order chi connectivity index (χ1) is 12.5. The van der Waals surface area contributed by atoms with Crippen molar-refractivity contribution in [3.05, 3.63) is 47.6 Å². The summed E-state index contributed by atoms with van der Waals surface area (Å²) in [5.41, 5.74) is 0. The van der Waals surface area contributed by atoms with Crippen molar-refractivity contribution in [3.63, 3.8) is 0 Å². The van der Waals surface area contributed by atoms with Crippen LogP contribution in [0.3, 0.4) is 0 Å².